The van der Waals surface area contributed by atoms with Gasteiger partial charge in [-0.25, -0.2) is 9.97 Å². The fourth-order valence-electron chi connectivity index (χ4n) is 2.89. The number of rotatable bonds is 4. The van der Waals surface area contributed by atoms with Gasteiger partial charge in [0.15, 0.2) is 0 Å². The summed E-state index contributed by atoms with van der Waals surface area (Å²) in [6, 6.07) is 10.5. The lowest BCUT2D eigenvalue weighted by atomic mass is 10.0. The SMILES string of the molecule is Cn1c[c]c(-c2ccc3nc(-c4cnccc4CCO)cc(N)c3n2)n1. The molecule has 129 valence electrons. The van der Waals surface area contributed by atoms with Crippen LogP contribution in [-0.4, -0.2) is 36.4 Å². The van der Waals surface area contributed by atoms with Crippen molar-refractivity contribution in [3.05, 3.63) is 54.5 Å². The van der Waals surface area contributed by atoms with Gasteiger partial charge in [-0.05, 0) is 36.2 Å². The molecule has 0 saturated carbocycles. The first-order chi connectivity index (χ1) is 12.7. The maximum absolute atomic E-state index is 9.27. The summed E-state index contributed by atoms with van der Waals surface area (Å²) >= 11 is 0. The van der Waals surface area contributed by atoms with Gasteiger partial charge in [0.25, 0.3) is 0 Å². The molecule has 7 nitrogen and oxygen atoms in total. The Morgan fingerprint density at radius 1 is 1.19 bits per heavy atom. The first kappa shape index (κ1) is 16.2. The van der Waals surface area contributed by atoms with E-state index < -0.39 is 0 Å². The minimum atomic E-state index is 0.0611. The maximum atomic E-state index is 9.27. The van der Waals surface area contributed by atoms with Crippen LogP contribution in [0.3, 0.4) is 0 Å². The molecule has 3 N–H and O–H groups in total. The highest BCUT2D eigenvalue weighted by atomic mass is 16.2. The smallest absolute Gasteiger partial charge is 0.119 e. The molecule has 0 aliphatic carbocycles. The molecule has 0 unspecified atom stereocenters. The summed E-state index contributed by atoms with van der Waals surface area (Å²) in [5.41, 5.74) is 12.0. The van der Waals surface area contributed by atoms with Gasteiger partial charge in [-0.1, -0.05) is 0 Å². The molecule has 7 heteroatoms. The van der Waals surface area contributed by atoms with E-state index in [2.05, 4.69) is 26.1 Å². The minimum Gasteiger partial charge on any atom is -0.397 e. The molecule has 0 aliphatic heterocycles. The number of hydrogen-bond donors (Lipinski definition) is 2. The molecule has 0 saturated heterocycles. The van der Waals surface area contributed by atoms with E-state index >= 15 is 0 Å². The van der Waals surface area contributed by atoms with Gasteiger partial charge in [0.2, 0.25) is 0 Å². The number of nitrogens with zero attached hydrogens (tertiary/aromatic N) is 5. The van der Waals surface area contributed by atoms with Crippen molar-refractivity contribution in [2.75, 3.05) is 12.3 Å². The van der Waals surface area contributed by atoms with E-state index in [1.54, 1.807) is 29.3 Å². The second-order valence-electron chi connectivity index (χ2n) is 5.96. The van der Waals surface area contributed by atoms with Crippen LogP contribution in [0.2, 0.25) is 0 Å². The van der Waals surface area contributed by atoms with Crippen LogP contribution in [0.25, 0.3) is 33.7 Å². The minimum absolute atomic E-state index is 0.0611. The van der Waals surface area contributed by atoms with Crippen molar-refractivity contribution in [1.82, 2.24) is 24.7 Å². The number of nitrogens with two attached hydrogens (primary N) is 1. The van der Waals surface area contributed by atoms with E-state index in [9.17, 15) is 5.11 Å². The number of nitrogen functional groups attached to an aromatic ring is 1. The second-order valence-corrected chi connectivity index (χ2v) is 5.96. The summed E-state index contributed by atoms with van der Waals surface area (Å²) in [6.07, 6.45) is 5.72. The summed E-state index contributed by atoms with van der Waals surface area (Å²) in [6.45, 7) is 0.0611. The Morgan fingerprint density at radius 2 is 2.08 bits per heavy atom. The third-order valence-electron chi connectivity index (χ3n) is 4.14. The predicted molar refractivity (Wildman–Crippen MR) is 99.0 cm³/mol. The van der Waals surface area contributed by atoms with Crippen molar-refractivity contribution in [2.45, 2.75) is 6.42 Å². The van der Waals surface area contributed by atoms with E-state index in [1.807, 2.05) is 25.2 Å². The van der Waals surface area contributed by atoms with Crippen LogP contribution < -0.4 is 5.73 Å². The van der Waals surface area contributed by atoms with Crippen LogP contribution >= 0.6 is 0 Å². The number of aliphatic hydroxyl groups excluding tert-OH is 1. The lowest BCUT2D eigenvalue weighted by molar-refractivity contribution is 0.300. The Hall–Kier alpha value is -3.32. The summed E-state index contributed by atoms with van der Waals surface area (Å²) < 4.78 is 1.68. The van der Waals surface area contributed by atoms with Gasteiger partial charge in [-0.2, -0.15) is 5.10 Å². The normalized spacial score (nSPS) is 11.2. The third kappa shape index (κ3) is 2.89. The summed E-state index contributed by atoms with van der Waals surface area (Å²) in [5.74, 6) is 0. The topological polar surface area (TPSA) is 103 Å². The van der Waals surface area contributed by atoms with E-state index in [1.165, 1.54) is 0 Å². The molecule has 1 radical (unpaired) electrons. The van der Waals surface area contributed by atoms with Crippen LogP contribution in [0.4, 0.5) is 5.69 Å². The second kappa shape index (κ2) is 6.53. The monoisotopic (exact) mass is 345 g/mol. The first-order valence-corrected chi connectivity index (χ1v) is 8.19. The quantitative estimate of drug-likeness (QED) is 0.586. The van der Waals surface area contributed by atoms with Crippen molar-refractivity contribution >= 4 is 16.7 Å². The van der Waals surface area contributed by atoms with Gasteiger partial charge >= 0.3 is 0 Å². The molecule has 4 rings (SSSR count). The highest BCUT2D eigenvalue weighted by molar-refractivity contribution is 5.90. The lowest BCUT2D eigenvalue weighted by Gasteiger charge is -2.10. The number of fused-ring (bicyclic) bond motifs is 1. The van der Waals surface area contributed by atoms with E-state index in [0.717, 1.165) is 11.1 Å². The maximum Gasteiger partial charge on any atom is 0.119 e. The Balaban J connectivity index is 1.83. The molecule has 26 heavy (non-hydrogen) atoms. The molecule has 0 aromatic carbocycles. The number of hydrogen-bond acceptors (Lipinski definition) is 6. The zero-order valence-electron chi connectivity index (χ0n) is 14.2. The Bertz CT molecular complexity index is 1090. The average Bonchev–Trinajstić information content (AvgIpc) is 3.08. The van der Waals surface area contributed by atoms with E-state index in [0.29, 0.717) is 40.2 Å². The molecule has 4 aromatic heterocycles. The molecule has 0 fully saturated rings. The van der Waals surface area contributed by atoms with Gasteiger partial charge in [-0.15, -0.1) is 0 Å². The fourth-order valence-corrected chi connectivity index (χ4v) is 2.89. The number of aliphatic hydroxyl groups is 1. The van der Waals surface area contributed by atoms with Gasteiger partial charge in [-0.3, -0.25) is 9.67 Å². The van der Waals surface area contributed by atoms with Crippen LogP contribution in [0, 0.1) is 6.07 Å². The van der Waals surface area contributed by atoms with Gasteiger partial charge in [0, 0.05) is 43.9 Å². The third-order valence-corrected chi connectivity index (χ3v) is 4.14. The highest BCUT2D eigenvalue weighted by Gasteiger charge is 2.12. The molecule has 0 bridgehead atoms. The van der Waals surface area contributed by atoms with Gasteiger partial charge < -0.3 is 10.8 Å². The van der Waals surface area contributed by atoms with Gasteiger partial charge in [0.1, 0.15) is 11.2 Å². The van der Waals surface area contributed by atoms with Gasteiger partial charge in [0.05, 0.1) is 22.6 Å². The Labute approximate surface area is 150 Å². The predicted octanol–water partition coefficient (Wildman–Crippen LogP) is 2.01. The summed E-state index contributed by atoms with van der Waals surface area (Å²) in [7, 11) is 1.83. The molecular weight excluding hydrogens is 328 g/mol. The number of pyridine rings is 3. The van der Waals surface area contributed by atoms with Crippen molar-refractivity contribution in [2.24, 2.45) is 7.05 Å². The van der Waals surface area contributed by atoms with E-state index in [4.69, 9.17) is 5.73 Å². The standard InChI is InChI=1S/C19H17N6O/c1-25-8-5-16(24-25)15-2-3-17-19(23-15)14(20)10-18(22-17)13-11-21-7-4-12(13)6-9-26/h2-4,7-8,10-11,26H,6,9H2,1H3,(H2,20,22). The molecule has 4 heterocycles. The fraction of sp³-hybridized carbons (Fsp3) is 0.158. The number of anilines is 1. The van der Waals surface area contributed by atoms with Crippen LogP contribution in [0.5, 0.6) is 0 Å². The zero-order valence-corrected chi connectivity index (χ0v) is 14.2. The molecule has 0 atom stereocenters. The van der Waals surface area contributed by atoms with Crippen molar-refractivity contribution in [1.29, 1.82) is 0 Å². The summed E-state index contributed by atoms with van der Waals surface area (Å²) in [5, 5.41) is 13.6. The highest BCUT2D eigenvalue weighted by Crippen LogP contribution is 2.28. The number of aryl methyl sites for hydroxylation is 1. The van der Waals surface area contributed by atoms with E-state index in [-0.39, 0.29) is 6.61 Å². The largest absolute Gasteiger partial charge is 0.397 e. The Kier molecular flexibility index (Phi) is 4.06. The zero-order chi connectivity index (χ0) is 18.1. The van der Waals surface area contributed by atoms with Crippen molar-refractivity contribution < 1.29 is 5.11 Å². The van der Waals surface area contributed by atoms with Crippen molar-refractivity contribution in [3.8, 4) is 22.6 Å². The summed E-state index contributed by atoms with van der Waals surface area (Å²) in [4.78, 5) is 13.5. The van der Waals surface area contributed by atoms with Crippen LogP contribution in [0.1, 0.15) is 5.56 Å². The first-order valence-electron chi connectivity index (χ1n) is 8.19. The molecule has 0 spiro atoms. The molecule has 0 aliphatic rings. The molecule has 4 aromatic rings. The average molecular weight is 345 g/mol. The molecular formula is C19H17N6O. The molecule has 0 amide bonds. The van der Waals surface area contributed by atoms with Crippen LogP contribution in [-0.2, 0) is 13.5 Å². The Morgan fingerprint density at radius 3 is 2.85 bits per heavy atom. The van der Waals surface area contributed by atoms with Crippen molar-refractivity contribution in [3.63, 3.8) is 0 Å². The lowest BCUT2D eigenvalue weighted by Crippen LogP contribution is -2.00. The number of aromatic nitrogens is 5. The van der Waals surface area contributed by atoms with Crippen LogP contribution in [0.15, 0.2) is 42.9 Å².